The van der Waals surface area contributed by atoms with E-state index in [0.29, 0.717) is 11.0 Å². The van der Waals surface area contributed by atoms with E-state index in [4.69, 9.17) is 5.11 Å². The molecule has 2 nitrogen and oxygen atoms in total. The van der Waals surface area contributed by atoms with E-state index in [9.17, 15) is 4.79 Å². The monoisotopic (exact) mass is 180 g/mol. The normalized spacial score (nSPS) is 21.5. The number of carbonyl (C=O) groups is 1. The van der Waals surface area contributed by atoms with Gasteiger partial charge >= 0.3 is 5.97 Å². The predicted octanol–water partition coefficient (Wildman–Crippen LogP) is 2.76. The largest absolute Gasteiger partial charge is 0.478 e. The Labute approximate surface area is 79.0 Å². The summed E-state index contributed by atoms with van der Waals surface area (Å²) in [6, 6.07) is 0. The molecule has 0 saturated heterocycles. The lowest BCUT2D eigenvalue weighted by Crippen LogP contribution is -1.97. The van der Waals surface area contributed by atoms with Gasteiger partial charge in [0, 0.05) is 5.57 Å². The van der Waals surface area contributed by atoms with Crippen LogP contribution in [0.1, 0.15) is 33.6 Å². The molecule has 1 saturated carbocycles. The minimum atomic E-state index is -0.843. The van der Waals surface area contributed by atoms with Gasteiger partial charge in [-0.15, -0.1) is 0 Å². The molecule has 13 heavy (non-hydrogen) atoms. The molecule has 0 unspecified atom stereocenters. The fourth-order valence-electron chi connectivity index (χ4n) is 1.10. The van der Waals surface area contributed by atoms with E-state index < -0.39 is 5.97 Å². The average molecular weight is 180 g/mol. The fraction of sp³-hybridized carbons (Fsp3) is 0.545. The first-order valence-electron chi connectivity index (χ1n) is 4.55. The zero-order valence-electron chi connectivity index (χ0n) is 8.42. The van der Waals surface area contributed by atoms with Crippen LogP contribution in [0.4, 0.5) is 0 Å². The van der Waals surface area contributed by atoms with Gasteiger partial charge in [-0.05, 0) is 32.1 Å². The molecule has 0 amide bonds. The second kappa shape index (κ2) is 3.36. The number of rotatable bonds is 3. The summed E-state index contributed by atoms with van der Waals surface area (Å²) in [5.74, 6) is -0.843. The van der Waals surface area contributed by atoms with E-state index >= 15 is 0 Å². The van der Waals surface area contributed by atoms with Crippen molar-refractivity contribution < 1.29 is 9.90 Å². The van der Waals surface area contributed by atoms with Gasteiger partial charge in [0.1, 0.15) is 0 Å². The van der Waals surface area contributed by atoms with Gasteiger partial charge in [0.05, 0.1) is 0 Å². The third kappa shape index (κ3) is 2.44. The second-order valence-electron chi connectivity index (χ2n) is 4.07. The molecule has 0 spiro atoms. The van der Waals surface area contributed by atoms with Crippen LogP contribution in [-0.4, -0.2) is 11.1 Å². The van der Waals surface area contributed by atoms with Crippen molar-refractivity contribution in [3.8, 4) is 0 Å². The van der Waals surface area contributed by atoms with Crippen LogP contribution in [0, 0.1) is 5.41 Å². The summed E-state index contributed by atoms with van der Waals surface area (Å²) in [6.07, 6.45) is 6.07. The summed E-state index contributed by atoms with van der Waals surface area (Å²) >= 11 is 0. The molecule has 1 aliphatic carbocycles. The van der Waals surface area contributed by atoms with Crippen LogP contribution in [0.15, 0.2) is 23.3 Å². The van der Waals surface area contributed by atoms with E-state index in [-0.39, 0.29) is 0 Å². The van der Waals surface area contributed by atoms with Crippen LogP contribution >= 0.6 is 0 Å². The molecule has 1 fully saturated rings. The maximum Gasteiger partial charge on any atom is 0.331 e. The summed E-state index contributed by atoms with van der Waals surface area (Å²) in [5.41, 5.74) is 2.03. The summed E-state index contributed by atoms with van der Waals surface area (Å²) in [6.45, 7) is 5.89. The van der Waals surface area contributed by atoms with Gasteiger partial charge in [0.15, 0.2) is 0 Å². The van der Waals surface area contributed by atoms with Gasteiger partial charge in [-0.1, -0.05) is 24.6 Å². The Bertz CT molecular complexity index is 280. The molecule has 0 aromatic heterocycles. The van der Waals surface area contributed by atoms with Crippen LogP contribution in [0.3, 0.4) is 0 Å². The van der Waals surface area contributed by atoms with E-state index in [1.807, 2.05) is 6.08 Å². The Morgan fingerprint density at radius 3 is 2.23 bits per heavy atom. The quantitative estimate of drug-likeness (QED) is 0.535. The SMILES string of the molecule is C/C(=C\C=C(/C)C1(C)CC1)C(=O)O. The minimum Gasteiger partial charge on any atom is -0.478 e. The van der Waals surface area contributed by atoms with Crippen LogP contribution in [0.25, 0.3) is 0 Å². The highest BCUT2D eigenvalue weighted by molar-refractivity contribution is 5.86. The lowest BCUT2D eigenvalue weighted by atomic mass is 9.99. The fourth-order valence-corrected chi connectivity index (χ4v) is 1.10. The van der Waals surface area contributed by atoms with E-state index in [0.717, 1.165) is 0 Å². The first-order valence-corrected chi connectivity index (χ1v) is 4.55. The highest BCUT2D eigenvalue weighted by Gasteiger charge is 2.38. The Balaban J connectivity index is 2.66. The number of hydrogen-bond donors (Lipinski definition) is 1. The van der Waals surface area contributed by atoms with Crippen LogP contribution in [0.5, 0.6) is 0 Å². The van der Waals surface area contributed by atoms with Crippen molar-refractivity contribution >= 4 is 5.97 Å². The third-order valence-corrected chi connectivity index (χ3v) is 2.87. The number of carboxylic acid groups (broad SMARTS) is 1. The van der Waals surface area contributed by atoms with Gasteiger partial charge < -0.3 is 5.11 Å². The van der Waals surface area contributed by atoms with Gasteiger partial charge in [-0.3, -0.25) is 0 Å². The summed E-state index contributed by atoms with van der Waals surface area (Å²) in [4.78, 5) is 10.5. The van der Waals surface area contributed by atoms with Gasteiger partial charge in [-0.2, -0.15) is 0 Å². The van der Waals surface area contributed by atoms with Crippen molar-refractivity contribution in [2.45, 2.75) is 33.6 Å². The Morgan fingerprint density at radius 1 is 1.31 bits per heavy atom. The second-order valence-corrected chi connectivity index (χ2v) is 4.07. The maximum absolute atomic E-state index is 10.5. The van der Waals surface area contributed by atoms with E-state index in [1.54, 1.807) is 13.0 Å². The van der Waals surface area contributed by atoms with Gasteiger partial charge in [0.25, 0.3) is 0 Å². The van der Waals surface area contributed by atoms with Crippen molar-refractivity contribution in [3.63, 3.8) is 0 Å². The van der Waals surface area contributed by atoms with Crippen molar-refractivity contribution in [2.24, 2.45) is 5.41 Å². The van der Waals surface area contributed by atoms with Crippen molar-refractivity contribution in [1.29, 1.82) is 0 Å². The Morgan fingerprint density at radius 2 is 1.85 bits per heavy atom. The molecule has 1 rings (SSSR count). The number of hydrogen-bond acceptors (Lipinski definition) is 1. The molecule has 0 aromatic carbocycles. The topological polar surface area (TPSA) is 37.3 Å². The molecule has 1 aliphatic rings. The molecule has 0 aromatic rings. The lowest BCUT2D eigenvalue weighted by Gasteiger charge is -2.06. The van der Waals surface area contributed by atoms with E-state index in [2.05, 4.69) is 13.8 Å². The third-order valence-electron chi connectivity index (χ3n) is 2.87. The van der Waals surface area contributed by atoms with Crippen LogP contribution in [0.2, 0.25) is 0 Å². The molecule has 0 radical (unpaired) electrons. The van der Waals surface area contributed by atoms with Crippen LogP contribution in [-0.2, 0) is 4.79 Å². The first kappa shape index (κ1) is 10.0. The van der Waals surface area contributed by atoms with Crippen LogP contribution < -0.4 is 0 Å². The first-order chi connectivity index (χ1) is 5.96. The summed E-state index contributed by atoms with van der Waals surface area (Å²) in [7, 11) is 0. The zero-order chi connectivity index (χ0) is 10.1. The average Bonchev–Trinajstić information content (AvgIpc) is 2.79. The van der Waals surface area contributed by atoms with Gasteiger partial charge in [0.2, 0.25) is 0 Å². The lowest BCUT2D eigenvalue weighted by molar-refractivity contribution is -0.132. The molecule has 1 N–H and O–H groups in total. The molecule has 0 atom stereocenters. The zero-order valence-corrected chi connectivity index (χ0v) is 8.42. The molecular weight excluding hydrogens is 164 g/mol. The van der Waals surface area contributed by atoms with Crippen molar-refractivity contribution in [2.75, 3.05) is 0 Å². The number of carboxylic acids is 1. The highest BCUT2D eigenvalue weighted by Crippen LogP contribution is 2.51. The molecule has 0 aliphatic heterocycles. The Hall–Kier alpha value is -1.05. The maximum atomic E-state index is 10.5. The summed E-state index contributed by atoms with van der Waals surface area (Å²) in [5, 5.41) is 8.62. The smallest absolute Gasteiger partial charge is 0.331 e. The number of allylic oxidation sites excluding steroid dienone is 3. The molecule has 72 valence electrons. The Kier molecular flexibility index (Phi) is 2.60. The summed E-state index contributed by atoms with van der Waals surface area (Å²) < 4.78 is 0. The molecule has 0 bridgehead atoms. The predicted molar refractivity (Wildman–Crippen MR) is 52.5 cm³/mol. The highest BCUT2D eigenvalue weighted by atomic mass is 16.4. The van der Waals surface area contributed by atoms with Gasteiger partial charge in [-0.25, -0.2) is 4.79 Å². The van der Waals surface area contributed by atoms with Crippen molar-refractivity contribution in [3.05, 3.63) is 23.3 Å². The minimum absolute atomic E-state index is 0.356. The van der Waals surface area contributed by atoms with Crippen molar-refractivity contribution in [1.82, 2.24) is 0 Å². The molecular formula is C11H16O2. The standard InChI is InChI=1S/C11H16O2/c1-8(10(12)13)4-5-9(2)11(3)6-7-11/h4-5H,6-7H2,1-3H3,(H,12,13)/b8-4+,9-5+. The number of aliphatic carboxylic acids is 1. The molecule has 2 heteroatoms. The molecule has 0 heterocycles. The van der Waals surface area contributed by atoms with E-state index in [1.165, 1.54) is 18.4 Å².